The highest BCUT2D eigenvalue weighted by Gasteiger charge is 2.34. The van der Waals surface area contributed by atoms with E-state index in [2.05, 4.69) is 350 Å². The molecule has 0 radical (unpaired) electrons. The van der Waals surface area contributed by atoms with Crippen molar-refractivity contribution in [1.82, 2.24) is 22.8 Å². The average Bonchev–Trinajstić information content (AvgIpc) is 1.25. The number of rotatable bonds is 6. The SMILES string of the molecule is c1ccc(C2c3ccccc3-c3ccc4c5ccccc5n(-c5ccc6c(c5)c5ccc(-n7c8ccccc8c8ccc9c%10ccccc%10n(-c%10ccccc%10)c9c87)cc5c5ccc(-n7c8ccccc8c8ccc9c%10ccccc%10n(-c%10ccccc%10)c9c87)cc65)c4c32)cc1. The Hall–Kier alpha value is -12.7. The van der Waals surface area contributed by atoms with Crippen LogP contribution in [0.1, 0.15) is 22.6 Å². The molecule has 0 saturated carbocycles. The number of fused-ring (bicyclic) bond motifs is 27. The molecule has 16 aromatic carbocycles. The summed E-state index contributed by atoms with van der Waals surface area (Å²) in [4.78, 5) is 0. The molecule has 1 atom stereocenters. The van der Waals surface area contributed by atoms with Crippen molar-refractivity contribution in [2.75, 3.05) is 0 Å². The summed E-state index contributed by atoms with van der Waals surface area (Å²) in [6, 6.07) is 123. The van der Waals surface area contributed by atoms with E-state index in [1.807, 2.05) is 0 Å². The van der Waals surface area contributed by atoms with Crippen LogP contribution in [-0.2, 0) is 0 Å². The Morgan fingerprint density at radius 3 is 0.865 bits per heavy atom. The molecule has 0 fully saturated rings. The normalized spacial score (nSPS) is 13.3. The second-order valence-corrected chi connectivity index (χ2v) is 26.2. The van der Waals surface area contributed by atoms with Crippen LogP contribution in [0.5, 0.6) is 0 Å². The lowest BCUT2D eigenvalue weighted by atomic mass is 9.88. The van der Waals surface area contributed by atoms with Crippen LogP contribution in [0, 0.1) is 0 Å². The van der Waals surface area contributed by atoms with E-state index in [0.717, 1.165) is 28.4 Å². The summed E-state index contributed by atoms with van der Waals surface area (Å²) < 4.78 is 12.7. The van der Waals surface area contributed by atoms with E-state index < -0.39 is 0 Å². The van der Waals surface area contributed by atoms with Crippen LogP contribution in [0.3, 0.4) is 0 Å². The van der Waals surface area contributed by atoms with Crippen LogP contribution < -0.4 is 0 Å². The highest BCUT2D eigenvalue weighted by Crippen LogP contribution is 2.54. The lowest BCUT2D eigenvalue weighted by Crippen LogP contribution is -2.03. The van der Waals surface area contributed by atoms with E-state index >= 15 is 0 Å². The molecule has 5 aromatic heterocycles. The second-order valence-electron chi connectivity index (χ2n) is 26.2. The van der Waals surface area contributed by atoms with E-state index in [4.69, 9.17) is 0 Å². The van der Waals surface area contributed by atoms with Gasteiger partial charge in [0.05, 0.1) is 55.2 Å². The molecule has 22 rings (SSSR count). The first-order chi connectivity index (χ1) is 47.7. The minimum atomic E-state index is 0.0540. The van der Waals surface area contributed by atoms with E-state index in [0.29, 0.717) is 0 Å². The highest BCUT2D eigenvalue weighted by atomic mass is 15.1. The maximum atomic E-state index is 2.59. The van der Waals surface area contributed by atoms with Gasteiger partial charge in [-0.1, -0.05) is 237 Å². The molecule has 96 heavy (non-hydrogen) atoms. The standard InChI is InChI=1S/C91H55N5/c1-4-22-55(23-5-1)85-70-34-11-10-28-61(70)71-46-47-72-65-29-12-19-37-82(65)94(87(72)86(71)85)58-40-43-62-77(52-58)63-44-41-59(95-83-38-20-15-32-68(83)75-50-48-73-66-30-13-17-35-80(66)92(88(73)90(75)95)56-24-6-2-7-25-56)54-79(63)64-45-42-60(53-78(62)64)96-84-39-21-16-33-69(84)76-51-49-74-67-31-14-18-36-81(67)93(89(74)91(76)96)57-26-8-3-9-27-57/h1-54,85H. The maximum absolute atomic E-state index is 2.59. The van der Waals surface area contributed by atoms with Gasteiger partial charge in [0.2, 0.25) is 0 Å². The third kappa shape index (κ3) is 6.92. The van der Waals surface area contributed by atoms with Crippen LogP contribution in [-0.4, -0.2) is 22.8 Å². The van der Waals surface area contributed by atoms with Gasteiger partial charge in [-0.05, 0) is 151 Å². The van der Waals surface area contributed by atoms with Crippen LogP contribution >= 0.6 is 0 Å². The molecule has 1 aliphatic rings. The van der Waals surface area contributed by atoms with Crippen LogP contribution in [0.25, 0.3) is 181 Å². The summed E-state index contributed by atoms with van der Waals surface area (Å²) in [5, 5.41) is 19.5. The zero-order valence-electron chi connectivity index (χ0n) is 52.0. The van der Waals surface area contributed by atoms with Gasteiger partial charge in [0, 0.05) is 88.2 Å². The summed E-state index contributed by atoms with van der Waals surface area (Å²) in [6.07, 6.45) is 0. The van der Waals surface area contributed by atoms with Crippen molar-refractivity contribution in [3.05, 3.63) is 344 Å². The molecule has 0 N–H and O–H groups in total. The van der Waals surface area contributed by atoms with Gasteiger partial charge in [-0.15, -0.1) is 0 Å². The lowest BCUT2D eigenvalue weighted by Gasteiger charge is -2.19. The molecule has 0 saturated heterocycles. The quantitative estimate of drug-likeness (QED) is 0.148. The molecule has 444 valence electrons. The topological polar surface area (TPSA) is 24.6 Å². The predicted molar refractivity (Wildman–Crippen MR) is 403 cm³/mol. The predicted octanol–water partition coefficient (Wildman–Crippen LogP) is 23.8. The largest absolute Gasteiger partial charge is 0.309 e. The van der Waals surface area contributed by atoms with Crippen LogP contribution in [0.2, 0.25) is 0 Å². The molecule has 0 bridgehead atoms. The molecular formula is C91H55N5. The average molecular weight is 1220 g/mol. The molecule has 21 aromatic rings. The fraction of sp³-hybridized carbons (Fsp3) is 0.0110. The van der Waals surface area contributed by atoms with Gasteiger partial charge in [0.25, 0.3) is 0 Å². The molecule has 5 nitrogen and oxygen atoms in total. The van der Waals surface area contributed by atoms with Crippen molar-refractivity contribution in [1.29, 1.82) is 0 Å². The number of hydrogen-bond donors (Lipinski definition) is 0. The highest BCUT2D eigenvalue weighted by molar-refractivity contribution is 6.29. The smallest absolute Gasteiger partial charge is 0.0788 e. The van der Waals surface area contributed by atoms with Gasteiger partial charge in [-0.25, -0.2) is 0 Å². The first-order valence-electron chi connectivity index (χ1n) is 33.4. The Bertz CT molecular complexity index is 6670. The van der Waals surface area contributed by atoms with Gasteiger partial charge in [0.1, 0.15) is 0 Å². The van der Waals surface area contributed by atoms with E-state index in [-0.39, 0.29) is 5.92 Å². The third-order valence-electron chi connectivity index (χ3n) is 21.5. The first kappa shape index (κ1) is 51.9. The summed E-state index contributed by atoms with van der Waals surface area (Å²) in [7, 11) is 0. The second kappa shape index (κ2) is 19.4. The Balaban J connectivity index is 0.867. The Labute approximate surface area is 550 Å². The summed E-state index contributed by atoms with van der Waals surface area (Å²) >= 11 is 0. The van der Waals surface area contributed by atoms with Crippen molar-refractivity contribution in [3.63, 3.8) is 0 Å². The monoisotopic (exact) mass is 1220 g/mol. The van der Waals surface area contributed by atoms with E-state index in [1.165, 1.54) is 169 Å². The molecule has 5 heterocycles. The minimum Gasteiger partial charge on any atom is -0.309 e. The zero-order chi connectivity index (χ0) is 62.4. The summed E-state index contributed by atoms with van der Waals surface area (Å²) in [5.74, 6) is 0.0540. The van der Waals surface area contributed by atoms with Crippen LogP contribution in [0.15, 0.2) is 328 Å². The molecule has 5 heteroatoms. The van der Waals surface area contributed by atoms with Crippen molar-refractivity contribution in [2.24, 2.45) is 0 Å². The van der Waals surface area contributed by atoms with Gasteiger partial charge in [0.15, 0.2) is 0 Å². The number of hydrogen-bond acceptors (Lipinski definition) is 0. The number of aromatic nitrogens is 5. The van der Waals surface area contributed by atoms with Gasteiger partial charge < -0.3 is 22.8 Å². The lowest BCUT2D eigenvalue weighted by molar-refractivity contribution is 1.01. The third-order valence-corrected chi connectivity index (χ3v) is 21.5. The Kier molecular flexibility index (Phi) is 10.5. The minimum absolute atomic E-state index is 0.0540. The molecular weight excluding hydrogens is 1160 g/mol. The van der Waals surface area contributed by atoms with E-state index in [9.17, 15) is 0 Å². The van der Waals surface area contributed by atoms with Gasteiger partial charge in [-0.3, -0.25) is 0 Å². The number of para-hydroxylation sites is 7. The number of nitrogens with zero attached hydrogens (tertiary/aromatic N) is 5. The Morgan fingerprint density at radius 1 is 0.177 bits per heavy atom. The maximum Gasteiger partial charge on any atom is 0.0788 e. The molecule has 0 amide bonds. The molecule has 0 aliphatic heterocycles. The van der Waals surface area contributed by atoms with Gasteiger partial charge >= 0.3 is 0 Å². The van der Waals surface area contributed by atoms with Gasteiger partial charge in [-0.2, -0.15) is 0 Å². The molecule has 1 unspecified atom stereocenters. The fourth-order valence-electron chi connectivity index (χ4n) is 17.6. The van der Waals surface area contributed by atoms with Crippen molar-refractivity contribution in [2.45, 2.75) is 5.92 Å². The Morgan fingerprint density at radius 2 is 0.469 bits per heavy atom. The van der Waals surface area contributed by atoms with Crippen molar-refractivity contribution in [3.8, 4) is 39.6 Å². The summed E-state index contributed by atoms with van der Waals surface area (Å²) in [6.45, 7) is 0. The summed E-state index contributed by atoms with van der Waals surface area (Å²) in [5.41, 5.74) is 24.1. The fourth-order valence-corrected chi connectivity index (χ4v) is 17.6. The molecule has 1 aliphatic carbocycles. The first-order valence-corrected chi connectivity index (χ1v) is 33.4. The van der Waals surface area contributed by atoms with E-state index in [1.54, 1.807) is 0 Å². The van der Waals surface area contributed by atoms with Crippen LogP contribution in [0.4, 0.5) is 0 Å². The zero-order valence-corrected chi connectivity index (χ0v) is 52.0. The van der Waals surface area contributed by atoms with Crippen molar-refractivity contribution < 1.29 is 0 Å². The number of benzene rings is 16. The molecule has 0 spiro atoms. The van der Waals surface area contributed by atoms with Crippen molar-refractivity contribution >= 4 is 141 Å².